The molecule has 0 aliphatic rings. The zero-order valence-electron chi connectivity index (χ0n) is 11.4. The van der Waals surface area contributed by atoms with E-state index in [0.29, 0.717) is 5.56 Å². The Hall–Kier alpha value is -1.57. The van der Waals surface area contributed by atoms with Crippen molar-refractivity contribution >= 4 is 6.29 Å². The predicted molar refractivity (Wildman–Crippen MR) is 75.5 cm³/mol. The third-order valence-electron chi connectivity index (χ3n) is 2.92. The Bertz CT molecular complexity index is 385. The summed E-state index contributed by atoms with van der Waals surface area (Å²) in [7, 11) is 0. The molecule has 0 atom stereocenters. The molecule has 0 radical (unpaired) electrons. The van der Waals surface area contributed by atoms with Gasteiger partial charge in [0.2, 0.25) is 0 Å². The van der Waals surface area contributed by atoms with Crippen LogP contribution in [0.4, 0.5) is 0 Å². The summed E-state index contributed by atoms with van der Waals surface area (Å²) in [6.07, 6.45) is 7.30. The number of carbonyl (C=O) groups excluding carboxylic acids is 1. The van der Waals surface area contributed by atoms with Crippen LogP contribution in [0.1, 0.15) is 47.2 Å². The number of rotatable bonds is 8. The topological polar surface area (TPSA) is 26.3 Å². The number of hydrogen-bond acceptors (Lipinski definition) is 2. The fourth-order valence-corrected chi connectivity index (χ4v) is 2.02. The Labute approximate surface area is 110 Å². The van der Waals surface area contributed by atoms with Crippen molar-refractivity contribution in [2.45, 2.75) is 39.5 Å². The first-order valence-corrected chi connectivity index (χ1v) is 6.49. The van der Waals surface area contributed by atoms with E-state index in [9.17, 15) is 4.79 Å². The smallest absolute Gasteiger partial charge is 0.150 e. The molecule has 1 aromatic carbocycles. The normalized spacial score (nSPS) is 10.1. The first-order chi connectivity index (χ1) is 8.69. The summed E-state index contributed by atoms with van der Waals surface area (Å²) < 4.78 is 5.81. The van der Waals surface area contributed by atoms with Gasteiger partial charge in [-0.3, -0.25) is 4.79 Å². The van der Waals surface area contributed by atoms with Gasteiger partial charge in [-0.15, -0.1) is 6.58 Å². The average molecular weight is 246 g/mol. The molecule has 0 unspecified atom stereocenters. The summed E-state index contributed by atoms with van der Waals surface area (Å²) in [5.41, 5.74) is 2.77. The number of allylic oxidation sites excluding steroid dienone is 1. The highest BCUT2D eigenvalue weighted by molar-refractivity contribution is 5.76. The van der Waals surface area contributed by atoms with E-state index in [1.54, 1.807) is 0 Å². The van der Waals surface area contributed by atoms with Gasteiger partial charge in [0.15, 0.2) is 0 Å². The summed E-state index contributed by atoms with van der Waals surface area (Å²) in [4.78, 5) is 10.7. The fraction of sp³-hybridized carbons (Fsp3) is 0.438. The van der Waals surface area contributed by atoms with Gasteiger partial charge in [0.1, 0.15) is 12.0 Å². The lowest BCUT2D eigenvalue weighted by molar-refractivity contribution is 0.112. The second-order valence-corrected chi connectivity index (χ2v) is 4.59. The number of aryl methyl sites for hydroxylation is 2. The van der Waals surface area contributed by atoms with E-state index in [4.69, 9.17) is 4.74 Å². The van der Waals surface area contributed by atoms with Crippen LogP contribution in [0.25, 0.3) is 0 Å². The molecule has 0 aromatic heterocycles. The van der Waals surface area contributed by atoms with E-state index in [-0.39, 0.29) is 0 Å². The highest BCUT2D eigenvalue weighted by atomic mass is 16.5. The van der Waals surface area contributed by atoms with Crippen molar-refractivity contribution in [3.05, 3.63) is 41.5 Å². The van der Waals surface area contributed by atoms with E-state index in [1.165, 1.54) is 6.42 Å². The lowest BCUT2D eigenvalue weighted by Crippen LogP contribution is -2.01. The third kappa shape index (κ3) is 4.36. The lowest BCUT2D eigenvalue weighted by atomic mass is 10.1. The van der Waals surface area contributed by atoms with Crippen molar-refractivity contribution in [2.24, 2.45) is 0 Å². The first-order valence-electron chi connectivity index (χ1n) is 6.49. The molecule has 0 amide bonds. The third-order valence-corrected chi connectivity index (χ3v) is 2.92. The SMILES string of the molecule is C=CCCCCCOc1c(C)cc(C=O)cc1C. The molecule has 0 aliphatic carbocycles. The van der Waals surface area contributed by atoms with Gasteiger partial charge in [-0.1, -0.05) is 6.08 Å². The molecule has 98 valence electrons. The second kappa shape index (κ2) is 7.70. The highest BCUT2D eigenvalue weighted by Crippen LogP contribution is 2.24. The Morgan fingerprint density at radius 3 is 2.39 bits per heavy atom. The maximum Gasteiger partial charge on any atom is 0.150 e. The molecule has 0 saturated carbocycles. The Morgan fingerprint density at radius 2 is 1.83 bits per heavy atom. The quantitative estimate of drug-likeness (QED) is 0.389. The lowest BCUT2D eigenvalue weighted by Gasteiger charge is -2.12. The minimum absolute atomic E-state index is 0.711. The van der Waals surface area contributed by atoms with Gasteiger partial charge < -0.3 is 4.74 Å². The molecule has 2 nitrogen and oxygen atoms in total. The fourth-order valence-electron chi connectivity index (χ4n) is 2.02. The van der Waals surface area contributed by atoms with Crippen LogP contribution in [-0.2, 0) is 0 Å². The van der Waals surface area contributed by atoms with Gasteiger partial charge >= 0.3 is 0 Å². The molecule has 1 rings (SSSR count). The van der Waals surface area contributed by atoms with Crippen LogP contribution in [-0.4, -0.2) is 12.9 Å². The number of benzene rings is 1. The Morgan fingerprint density at radius 1 is 1.17 bits per heavy atom. The summed E-state index contributed by atoms with van der Waals surface area (Å²) in [6, 6.07) is 3.74. The van der Waals surface area contributed by atoms with Crippen molar-refractivity contribution in [1.82, 2.24) is 0 Å². The van der Waals surface area contributed by atoms with Crippen LogP contribution in [0.3, 0.4) is 0 Å². The van der Waals surface area contributed by atoms with Gasteiger partial charge in [0, 0.05) is 5.56 Å². The largest absolute Gasteiger partial charge is 0.493 e. The van der Waals surface area contributed by atoms with Crippen LogP contribution in [0.2, 0.25) is 0 Å². The molecular formula is C16H22O2. The molecule has 0 saturated heterocycles. The summed E-state index contributed by atoms with van der Waals surface area (Å²) in [6.45, 7) is 8.40. The summed E-state index contributed by atoms with van der Waals surface area (Å²) in [5, 5.41) is 0. The van der Waals surface area contributed by atoms with Gasteiger partial charge in [-0.25, -0.2) is 0 Å². The molecule has 0 fully saturated rings. The van der Waals surface area contributed by atoms with Crippen LogP contribution < -0.4 is 4.74 Å². The first kappa shape index (κ1) is 14.5. The van der Waals surface area contributed by atoms with Gasteiger partial charge in [0.25, 0.3) is 0 Å². The van der Waals surface area contributed by atoms with Crippen LogP contribution in [0.5, 0.6) is 5.75 Å². The standard InChI is InChI=1S/C16H22O2/c1-4-5-6-7-8-9-18-16-13(2)10-15(12-17)11-14(16)3/h4,10-12H,1,5-9H2,2-3H3. The Kier molecular flexibility index (Phi) is 6.20. The van der Waals surface area contributed by atoms with E-state index >= 15 is 0 Å². The average Bonchev–Trinajstić information content (AvgIpc) is 2.35. The number of unbranched alkanes of at least 4 members (excludes halogenated alkanes) is 3. The molecule has 0 aliphatic heterocycles. The molecular weight excluding hydrogens is 224 g/mol. The molecule has 0 N–H and O–H groups in total. The molecule has 0 bridgehead atoms. The van der Waals surface area contributed by atoms with E-state index < -0.39 is 0 Å². The molecule has 0 spiro atoms. The van der Waals surface area contributed by atoms with Crippen LogP contribution in [0, 0.1) is 13.8 Å². The van der Waals surface area contributed by atoms with Gasteiger partial charge in [-0.2, -0.15) is 0 Å². The maximum absolute atomic E-state index is 10.7. The van der Waals surface area contributed by atoms with Crippen molar-refractivity contribution < 1.29 is 9.53 Å². The summed E-state index contributed by atoms with van der Waals surface area (Å²) >= 11 is 0. The maximum atomic E-state index is 10.7. The second-order valence-electron chi connectivity index (χ2n) is 4.59. The molecule has 18 heavy (non-hydrogen) atoms. The number of carbonyl (C=O) groups is 1. The van der Waals surface area contributed by atoms with Crippen molar-refractivity contribution in [2.75, 3.05) is 6.61 Å². The monoisotopic (exact) mass is 246 g/mol. The predicted octanol–water partition coefficient (Wildman–Crippen LogP) is 4.24. The minimum atomic E-state index is 0.711. The summed E-state index contributed by atoms with van der Waals surface area (Å²) in [5.74, 6) is 0.921. The molecule has 2 heteroatoms. The zero-order valence-corrected chi connectivity index (χ0v) is 11.4. The van der Waals surface area contributed by atoms with Crippen LogP contribution in [0.15, 0.2) is 24.8 Å². The number of aldehydes is 1. The van der Waals surface area contributed by atoms with Crippen molar-refractivity contribution in [3.8, 4) is 5.75 Å². The number of hydrogen-bond donors (Lipinski definition) is 0. The van der Waals surface area contributed by atoms with Gasteiger partial charge in [-0.05, 0) is 62.8 Å². The van der Waals surface area contributed by atoms with E-state index in [2.05, 4.69) is 6.58 Å². The molecule has 0 heterocycles. The highest BCUT2D eigenvalue weighted by Gasteiger charge is 2.05. The van der Waals surface area contributed by atoms with Crippen molar-refractivity contribution in [1.29, 1.82) is 0 Å². The van der Waals surface area contributed by atoms with E-state index in [1.807, 2.05) is 32.1 Å². The minimum Gasteiger partial charge on any atom is -0.493 e. The van der Waals surface area contributed by atoms with Gasteiger partial charge in [0.05, 0.1) is 6.61 Å². The van der Waals surface area contributed by atoms with Crippen molar-refractivity contribution in [3.63, 3.8) is 0 Å². The molecule has 1 aromatic rings. The zero-order chi connectivity index (χ0) is 13.4. The number of ether oxygens (including phenoxy) is 1. The Balaban J connectivity index is 2.47. The van der Waals surface area contributed by atoms with Crippen LogP contribution >= 0.6 is 0 Å². The van der Waals surface area contributed by atoms with E-state index in [0.717, 1.165) is 49.0 Å².